The van der Waals surface area contributed by atoms with Crippen molar-refractivity contribution in [3.63, 3.8) is 0 Å². The van der Waals surface area contributed by atoms with Crippen LogP contribution in [0.2, 0.25) is 0 Å². The molecule has 158 valence electrons. The normalized spacial score (nSPS) is 17.6. The first-order chi connectivity index (χ1) is 14.6. The number of rotatable bonds is 4. The van der Waals surface area contributed by atoms with Gasteiger partial charge in [0.05, 0.1) is 25.1 Å². The number of amides is 2. The maximum Gasteiger partial charge on any atom is 0.253 e. The molecule has 0 radical (unpaired) electrons. The van der Waals surface area contributed by atoms with Gasteiger partial charge in [-0.05, 0) is 49.2 Å². The number of nitrogens with zero attached hydrogens (tertiary/aromatic N) is 3. The average molecular weight is 412 g/mol. The summed E-state index contributed by atoms with van der Waals surface area (Å²) < 4.78 is 18.4. The number of hydrogen-bond donors (Lipinski definition) is 1. The summed E-state index contributed by atoms with van der Waals surface area (Å²) >= 11 is 0. The first-order valence-corrected chi connectivity index (χ1v) is 10.2. The fourth-order valence-electron chi connectivity index (χ4n) is 3.80. The molecule has 0 saturated carbocycles. The van der Waals surface area contributed by atoms with Crippen LogP contribution < -0.4 is 10.2 Å². The van der Waals surface area contributed by atoms with Crippen molar-refractivity contribution in [2.75, 3.05) is 49.6 Å². The van der Waals surface area contributed by atoms with E-state index >= 15 is 0 Å². The fourth-order valence-corrected chi connectivity index (χ4v) is 3.80. The molecule has 1 aromatic heterocycles. The molecule has 3 heterocycles. The summed E-state index contributed by atoms with van der Waals surface area (Å²) in [6.07, 6.45) is 2.87. The van der Waals surface area contributed by atoms with Crippen molar-refractivity contribution in [1.29, 1.82) is 0 Å². The van der Waals surface area contributed by atoms with Crippen LogP contribution in [0.1, 0.15) is 23.2 Å². The number of likely N-dealkylation sites (tertiary alicyclic amines) is 1. The van der Waals surface area contributed by atoms with Gasteiger partial charge in [0.15, 0.2) is 0 Å². The van der Waals surface area contributed by atoms with Crippen LogP contribution in [0.25, 0.3) is 0 Å². The Balaban J connectivity index is 1.28. The SMILES string of the molecule is O=C(Nc1ccc(N2CCOCC2)nc1)C1CCN(C(=O)c2ccc(F)cc2)CC1. The molecule has 0 unspecified atom stereocenters. The van der Waals surface area contributed by atoms with Gasteiger partial charge in [-0.2, -0.15) is 0 Å². The molecule has 0 atom stereocenters. The van der Waals surface area contributed by atoms with E-state index in [1.165, 1.54) is 24.3 Å². The van der Waals surface area contributed by atoms with E-state index in [0.717, 1.165) is 18.9 Å². The summed E-state index contributed by atoms with van der Waals surface area (Å²) in [4.78, 5) is 33.5. The number of anilines is 2. The predicted octanol–water partition coefficient (Wildman–Crippen LogP) is 2.55. The zero-order valence-electron chi connectivity index (χ0n) is 16.7. The highest BCUT2D eigenvalue weighted by atomic mass is 19.1. The molecule has 2 aliphatic rings. The lowest BCUT2D eigenvalue weighted by Gasteiger charge is -2.31. The zero-order valence-corrected chi connectivity index (χ0v) is 16.7. The van der Waals surface area contributed by atoms with Crippen molar-refractivity contribution >= 4 is 23.3 Å². The molecule has 2 saturated heterocycles. The summed E-state index contributed by atoms with van der Waals surface area (Å²) in [5, 5.41) is 2.93. The molecule has 0 spiro atoms. The van der Waals surface area contributed by atoms with Crippen LogP contribution in [-0.2, 0) is 9.53 Å². The van der Waals surface area contributed by atoms with Gasteiger partial charge in [0, 0.05) is 37.7 Å². The molecule has 2 aromatic rings. The number of morpholine rings is 1. The minimum absolute atomic E-state index is 0.0511. The van der Waals surface area contributed by atoms with Crippen LogP contribution in [-0.4, -0.2) is 61.1 Å². The van der Waals surface area contributed by atoms with Gasteiger partial charge in [-0.25, -0.2) is 9.37 Å². The van der Waals surface area contributed by atoms with Gasteiger partial charge in [-0.1, -0.05) is 0 Å². The Kier molecular flexibility index (Phi) is 6.23. The number of aromatic nitrogens is 1. The molecule has 2 amide bonds. The third kappa shape index (κ3) is 4.76. The van der Waals surface area contributed by atoms with E-state index in [4.69, 9.17) is 4.74 Å². The van der Waals surface area contributed by atoms with Crippen LogP contribution in [0.5, 0.6) is 0 Å². The summed E-state index contributed by atoms with van der Waals surface area (Å²) in [5.41, 5.74) is 1.13. The summed E-state index contributed by atoms with van der Waals surface area (Å²) in [6, 6.07) is 9.32. The van der Waals surface area contributed by atoms with E-state index in [9.17, 15) is 14.0 Å². The number of pyridine rings is 1. The van der Waals surface area contributed by atoms with E-state index < -0.39 is 0 Å². The second-order valence-electron chi connectivity index (χ2n) is 7.57. The highest BCUT2D eigenvalue weighted by molar-refractivity contribution is 5.95. The summed E-state index contributed by atoms with van der Waals surface area (Å²) in [6.45, 7) is 4.03. The Morgan fingerprint density at radius 1 is 1.00 bits per heavy atom. The van der Waals surface area contributed by atoms with E-state index in [0.29, 0.717) is 50.4 Å². The molecule has 7 nitrogen and oxygen atoms in total. The smallest absolute Gasteiger partial charge is 0.253 e. The third-order valence-corrected chi connectivity index (χ3v) is 5.59. The monoisotopic (exact) mass is 412 g/mol. The lowest BCUT2D eigenvalue weighted by atomic mass is 9.95. The molecule has 2 aliphatic heterocycles. The average Bonchev–Trinajstić information content (AvgIpc) is 2.80. The van der Waals surface area contributed by atoms with Crippen molar-refractivity contribution in [2.24, 2.45) is 5.92 Å². The van der Waals surface area contributed by atoms with E-state index in [1.54, 1.807) is 11.1 Å². The second kappa shape index (κ2) is 9.21. The molecule has 2 fully saturated rings. The first kappa shape index (κ1) is 20.3. The van der Waals surface area contributed by atoms with Crippen LogP contribution in [0.3, 0.4) is 0 Å². The maximum absolute atomic E-state index is 13.0. The fraction of sp³-hybridized carbons (Fsp3) is 0.409. The van der Waals surface area contributed by atoms with Gasteiger partial charge in [-0.3, -0.25) is 9.59 Å². The Bertz CT molecular complexity index is 874. The molecular formula is C22H25FN4O3. The minimum atomic E-state index is -0.366. The Morgan fingerprint density at radius 3 is 2.33 bits per heavy atom. The van der Waals surface area contributed by atoms with E-state index in [1.807, 2.05) is 12.1 Å². The van der Waals surface area contributed by atoms with Gasteiger partial charge in [-0.15, -0.1) is 0 Å². The number of benzene rings is 1. The van der Waals surface area contributed by atoms with E-state index in [2.05, 4.69) is 15.2 Å². The highest BCUT2D eigenvalue weighted by Crippen LogP contribution is 2.22. The molecule has 8 heteroatoms. The Morgan fingerprint density at radius 2 is 1.70 bits per heavy atom. The van der Waals surface area contributed by atoms with Crippen molar-refractivity contribution < 1.29 is 18.7 Å². The van der Waals surface area contributed by atoms with Crippen molar-refractivity contribution in [3.8, 4) is 0 Å². The third-order valence-electron chi connectivity index (χ3n) is 5.59. The molecule has 1 aromatic carbocycles. The van der Waals surface area contributed by atoms with Gasteiger partial charge in [0.2, 0.25) is 5.91 Å². The number of carbonyl (C=O) groups is 2. The zero-order chi connectivity index (χ0) is 20.9. The molecule has 0 bridgehead atoms. The molecule has 30 heavy (non-hydrogen) atoms. The van der Waals surface area contributed by atoms with Gasteiger partial charge in [0.1, 0.15) is 11.6 Å². The number of halogens is 1. The minimum Gasteiger partial charge on any atom is -0.378 e. The molecule has 1 N–H and O–H groups in total. The quantitative estimate of drug-likeness (QED) is 0.836. The lowest BCUT2D eigenvalue weighted by molar-refractivity contribution is -0.121. The van der Waals surface area contributed by atoms with Crippen LogP contribution in [0.4, 0.5) is 15.9 Å². The number of piperidine rings is 1. The topological polar surface area (TPSA) is 74.8 Å². The van der Waals surface area contributed by atoms with Crippen molar-refractivity contribution in [3.05, 3.63) is 54.0 Å². The highest BCUT2D eigenvalue weighted by Gasteiger charge is 2.28. The largest absolute Gasteiger partial charge is 0.378 e. The van der Waals surface area contributed by atoms with Gasteiger partial charge in [0.25, 0.3) is 5.91 Å². The second-order valence-corrected chi connectivity index (χ2v) is 7.57. The number of ether oxygens (including phenoxy) is 1. The Hall–Kier alpha value is -3.00. The van der Waals surface area contributed by atoms with Crippen LogP contribution in [0.15, 0.2) is 42.6 Å². The maximum atomic E-state index is 13.0. The predicted molar refractivity (Wildman–Crippen MR) is 111 cm³/mol. The van der Waals surface area contributed by atoms with Crippen molar-refractivity contribution in [2.45, 2.75) is 12.8 Å². The number of hydrogen-bond acceptors (Lipinski definition) is 5. The molecule has 4 rings (SSSR count). The Labute approximate surface area is 174 Å². The number of carbonyl (C=O) groups excluding carboxylic acids is 2. The summed E-state index contributed by atoms with van der Waals surface area (Å²) in [7, 11) is 0. The summed E-state index contributed by atoms with van der Waals surface area (Å²) in [5.74, 6) is 0.182. The van der Waals surface area contributed by atoms with Crippen LogP contribution in [0, 0.1) is 11.7 Å². The van der Waals surface area contributed by atoms with Crippen LogP contribution >= 0.6 is 0 Å². The van der Waals surface area contributed by atoms with Gasteiger partial charge >= 0.3 is 0 Å². The molecular weight excluding hydrogens is 387 g/mol. The standard InChI is InChI=1S/C22H25FN4O3/c23-18-3-1-17(2-4-18)22(29)27-9-7-16(8-10-27)21(28)25-19-5-6-20(24-15-19)26-11-13-30-14-12-26/h1-6,15-16H,7-14H2,(H,25,28). The van der Waals surface area contributed by atoms with Crippen molar-refractivity contribution in [1.82, 2.24) is 9.88 Å². The number of nitrogens with one attached hydrogen (secondary N) is 1. The van der Waals surface area contributed by atoms with Gasteiger partial charge < -0.3 is 19.9 Å². The lowest BCUT2D eigenvalue weighted by Crippen LogP contribution is -2.41. The first-order valence-electron chi connectivity index (χ1n) is 10.2. The molecule has 0 aliphatic carbocycles. The van der Waals surface area contributed by atoms with E-state index in [-0.39, 0.29) is 23.5 Å².